The van der Waals surface area contributed by atoms with E-state index >= 15 is 0 Å². The Labute approximate surface area is 126 Å². The van der Waals surface area contributed by atoms with Gasteiger partial charge in [-0.25, -0.2) is 0 Å². The molecule has 0 amide bonds. The molecule has 1 aromatic carbocycles. The average Bonchev–Trinajstić information content (AvgIpc) is 2.51. The van der Waals surface area contributed by atoms with Gasteiger partial charge in [-0.1, -0.05) is 19.0 Å². The van der Waals surface area contributed by atoms with Crippen molar-refractivity contribution < 1.29 is 9.94 Å². The second kappa shape index (κ2) is 7.31. The maximum atomic E-state index is 8.61. The van der Waals surface area contributed by atoms with Gasteiger partial charge in [0.1, 0.15) is 12.4 Å². The highest BCUT2D eigenvalue weighted by atomic mass is 16.5. The van der Waals surface area contributed by atoms with Crippen molar-refractivity contribution in [2.24, 2.45) is 22.7 Å². The third-order valence-corrected chi connectivity index (χ3v) is 4.35. The summed E-state index contributed by atoms with van der Waals surface area (Å²) in [6.45, 7) is 8.62. The lowest BCUT2D eigenvalue weighted by Crippen LogP contribution is -2.40. The number of hydrogen-bond acceptors (Lipinski definition) is 4. The van der Waals surface area contributed by atoms with E-state index in [1.54, 1.807) is 12.1 Å². The van der Waals surface area contributed by atoms with Crippen LogP contribution in [0, 0.1) is 11.8 Å². The molecule has 21 heavy (non-hydrogen) atoms. The van der Waals surface area contributed by atoms with Crippen LogP contribution < -0.4 is 10.5 Å². The molecule has 0 spiro atoms. The molecule has 116 valence electrons. The molecule has 1 aliphatic heterocycles. The van der Waals surface area contributed by atoms with E-state index in [9.17, 15) is 0 Å². The average molecular weight is 291 g/mol. The van der Waals surface area contributed by atoms with Crippen molar-refractivity contribution in [2.45, 2.75) is 20.3 Å². The Kier molecular flexibility index (Phi) is 5.44. The second-order valence-corrected chi connectivity index (χ2v) is 5.90. The van der Waals surface area contributed by atoms with Crippen LogP contribution in [0.3, 0.4) is 0 Å². The number of oxime groups is 1. The van der Waals surface area contributed by atoms with Gasteiger partial charge in [-0.15, -0.1) is 0 Å². The minimum absolute atomic E-state index is 0.109. The first kappa shape index (κ1) is 15.6. The lowest BCUT2D eigenvalue weighted by molar-refractivity contribution is 0.119. The lowest BCUT2D eigenvalue weighted by Gasteiger charge is -2.35. The summed E-state index contributed by atoms with van der Waals surface area (Å²) in [5.41, 5.74) is 6.20. The molecule has 2 rings (SSSR count). The van der Waals surface area contributed by atoms with Crippen molar-refractivity contribution in [1.82, 2.24) is 4.90 Å². The van der Waals surface area contributed by atoms with Gasteiger partial charge in [0.25, 0.3) is 0 Å². The SMILES string of the molecule is CC1CCN(CCOc2ccc(/C(N)=N/O)cc2)CC1C. The Balaban J connectivity index is 1.76. The summed E-state index contributed by atoms with van der Waals surface area (Å²) in [6, 6.07) is 7.26. The molecule has 1 heterocycles. The fourth-order valence-corrected chi connectivity index (χ4v) is 2.62. The van der Waals surface area contributed by atoms with Gasteiger partial charge in [-0.2, -0.15) is 0 Å². The smallest absolute Gasteiger partial charge is 0.170 e. The second-order valence-electron chi connectivity index (χ2n) is 5.90. The first-order chi connectivity index (χ1) is 10.1. The highest BCUT2D eigenvalue weighted by Crippen LogP contribution is 2.22. The van der Waals surface area contributed by atoms with Crippen LogP contribution in [0.4, 0.5) is 0 Å². The van der Waals surface area contributed by atoms with E-state index in [4.69, 9.17) is 15.7 Å². The molecule has 2 unspecified atom stereocenters. The Bertz CT molecular complexity index is 473. The van der Waals surface area contributed by atoms with E-state index in [0.29, 0.717) is 12.2 Å². The highest BCUT2D eigenvalue weighted by Gasteiger charge is 2.22. The van der Waals surface area contributed by atoms with Crippen LogP contribution >= 0.6 is 0 Å². The quantitative estimate of drug-likeness (QED) is 0.377. The first-order valence-electron chi connectivity index (χ1n) is 7.53. The van der Waals surface area contributed by atoms with E-state index in [2.05, 4.69) is 23.9 Å². The van der Waals surface area contributed by atoms with Gasteiger partial charge in [0.2, 0.25) is 0 Å². The van der Waals surface area contributed by atoms with Crippen LogP contribution in [0.1, 0.15) is 25.8 Å². The van der Waals surface area contributed by atoms with E-state index in [-0.39, 0.29) is 5.84 Å². The molecule has 0 aliphatic carbocycles. The fourth-order valence-electron chi connectivity index (χ4n) is 2.62. The maximum Gasteiger partial charge on any atom is 0.170 e. The number of nitrogens with two attached hydrogens (primary N) is 1. The standard InChI is InChI=1S/C16H25N3O2/c1-12-7-8-19(11-13(12)2)9-10-21-15-5-3-14(4-6-15)16(17)18-20/h3-6,12-13,20H,7-11H2,1-2H3,(H2,17,18). The number of likely N-dealkylation sites (tertiary alicyclic amines) is 1. The topological polar surface area (TPSA) is 71.1 Å². The number of piperidine rings is 1. The van der Waals surface area contributed by atoms with Crippen molar-refractivity contribution in [3.8, 4) is 5.75 Å². The zero-order valence-electron chi connectivity index (χ0n) is 12.8. The van der Waals surface area contributed by atoms with Crippen LogP contribution in [0.25, 0.3) is 0 Å². The van der Waals surface area contributed by atoms with Crippen LogP contribution in [-0.2, 0) is 0 Å². The number of amidine groups is 1. The molecule has 0 radical (unpaired) electrons. The van der Waals surface area contributed by atoms with Gasteiger partial charge in [0, 0.05) is 18.7 Å². The highest BCUT2D eigenvalue weighted by molar-refractivity contribution is 5.97. The Morgan fingerprint density at radius 1 is 1.33 bits per heavy atom. The molecule has 1 aromatic rings. The number of ether oxygens (including phenoxy) is 1. The fraction of sp³-hybridized carbons (Fsp3) is 0.562. The minimum Gasteiger partial charge on any atom is -0.492 e. The summed E-state index contributed by atoms with van der Waals surface area (Å²) >= 11 is 0. The summed E-state index contributed by atoms with van der Waals surface area (Å²) < 4.78 is 5.75. The van der Waals surface area contributed by atoms with Gasteiger partial charge in [-0.3, -0.25) is 4.90 Å². The molecule has 0 aromatic heterocycles. The Morgan fingerprint density at radius 3 is 2.67 bits per heavy atom. The predicted octanol–water partition coefficient (Wildman–Crippen LogP) is 2.14. The van der Waals surface area contributed by atoms with Crippen molar-refractivity contribution in [3.63, 3.8) is 0 Å². The van der Waals surface area contributed by atoms with Gasteiger partial charge < -0.3 is 15.7 Å². The molecular formula is C16H25N3O2. The molecule has 1 saturated heterocycles. The molecule has 0 saturated carbocycles. The van der Waals surface area contributed by atoms with Crippen LogP contribution in [0.2, 0.25) is 0 Å². The van der Waals surface area contributed by atoms with Crippen molar-refractivity contribution in [3.05, 3.63) is 29.8 Å². The van der Waals surface area contributed by atoms with Crippen molar-refractivity contribution in [2.75, 3.05) is 26.2 Å². The van der Waals surface area contributed by atoms with Crippen molar-refractivity contribution in [1.29, 1.82) is 0 Å². The van der Waals surface area contributed by atoms with Crippen LogP contribution in [0.15, 0.2) is 29.4 Å². The summed E-state index contributed by atoms with van der Waals surface area (Å²) in [7, 11) is 0. The Hall–Kier alpha value is -1.75. The predicted molar refractivity (Wildman–Crippen MR) is 83.8 cm³/mol. The van der Waals surface area contributed by atoms with Crippen LogP contribution in [-0.4, -0.2) is 42.2 Å². The number of hydrogen-bond donors (Lipinski definition) is 2. The molecule has 5 heteroatoms. The number of nitrogens with zero attached hydrogens (tertiary/aromatic N) is 2. The monoisotopic (exact) mass is 291 g/mol. The molecular weight excluding hydrogens is 266 g/mol. The summed E-state index contributed by atoms with van der Waals surface area (Å²) in [5, 5.41) is 11.6. The summed E-state index contributed by atoms with van der Waals surface area (Å²) in [5.74, 6) is 2.51. The normalized spacial score (nSPS) is 24.0. The molecule has 1 aliphatic rings. The molecule has 3 N–H and O–H groups in total. The van der Waals surface area contributed by atoms with Gasteiger partial charge in [0.15, 0.2) is 5.84 Å². The van der Waals surface area contributed by atoms with Gasteiger partial charge in [-0.05, 0) is 49.1 Å². The van der Waals surface area contributed by atoms with E-state index in [1.165, 1.54) is 6.42 Å². The van der Waals surface area contributed by atoms with Crippen molar-refractivity contribution >= 4 is 5.84 Å². The zero-order chi connectivity index (χ0) is 15.2. The summed E-state index contributed by atoms with van der Waals surface area (Å²) in [4.78, 5) is 2.47. The number of benzene rings is 1. The Morgan fingerprint density at radius 2 is 2.05 bits per heavy atom. The van der Waals surface area contributed by atoms with Crippen LogP contribution in [0.5, 0.6) is 5.75 Å². The van der Waals surface area contributed by atoms with Gasteiger partial charge >= 0.3 is 0 Å². The largest absolute Gasteiger partial charge is 0.492 e. The minimum atomic E-state index is 0.109. The molecule has 0 bridgehead atoms. The van der Waals surface area contributed by atoms with E-state index in [1.807, 2.05) is 12.1 Å². The molecule has 5 nitrogen and oxygen atoms in total. The molecule has 1 fully saturated rings. The van der Waals surface area contributed by atoms with E-state index in [0.717, 1.165) is 37.2 Å². The van der Waals surface area contributed by atoms with E-state index < -0.39 is 0 Å². The summed E-state index contributed by atoms with van der Waals surface area (Å²) in [6.07, 6.45) is 1.27. The zero-order valence-corrected chi connectivity index (χ0v) is 12.8. The maximum absolute atomic E-state index is 8.61. The molecule has 2 atom stereocenters. The third kappa shape index (κ3) is 4.36. The lowest BCUT2D eigenvalue weighted by atomic mass is 9.89. The number of rotatable bonds is 5. The van der Waals surface area contributed by atoms with Gasteiger partial charge in [0.05, 0.1) is 0 Å². The first-order valence-corrected chi connectivity index (χ1v) is 7.53. The third-order valence-electron chi connectivity index (χ3n) is 4.35.